The minimum absolute atomic E-state index is 0. The van der Waals surface area contributed by atoms with Crippen molar-refractivity contribution in [1.29, 1.82) is 0 Å². The number of hydrogen-bond donors (Lipinski definition) is 1. The molecule has 1 N–H and O–H groups in total. The Morgan fingerprint density at radius 3 is 2.41 bits per heavy atom. The van der Waals surface area contributed by atoms with Crippen LogP contribution < -0.4 is 5.32 Å². The molecule has 0 spiro atoms. The first-order valence-corrected chi connectivity index (χ1v) is 9.42. The molecule has 0 aliphatic carbocycles. The van der Waals surface area contributed by atoms with E-state index >= 15 is 0 Å². The number of amides is 1. The Kier molecular flexibility index (Phi) is 6.56. The van der Waals surface area contributed by atoms with Gasteiger partial charge >= 0.3 is 6.09 Å². The first-order valence-electron chi connectivity index (χ1n) is 9.42. The van der Waals surface area contributed by atoms with Crippen LogP contribution in [-0.4, -0.2) is 34.6 Å². The minimum Gasteiger partial charge on any atom is -0.445 e. The summed E-state index contributed by atoms with van der Waals surface area (Å²) in [6.45, 7) is 1.30. The summed E-state index contributed by atoms with van der Waals surface area (Å²) in [7, 11) is 0. The highest BCUT2D eigenvalue weighted by atomic mass is 35.5. The molecule has 3 heterocycles. The number of nitrogens with zero attached hydrogens (tertiary/aromatic N) is 2. The number of hydrogen-bond acceptors (Lipinski definition) is 4. The number of nitrogens with one attached hydrogen (secondary N) is 1. The van der Waals surface area contributed by atoms with Gasteiger partial charge in [0.15, 0.2) is 0 Å². The summed E-state index contributed by atoms with van der Waals surface area (Å²) in [5.41, 5.74) is 2.14. The molecule has 2 aromatic rings. The third kappa shape index (κ3) is 4.72. The zero-order chi connectivity index (χ0) is 17.8. The van der Waals surface area contributed by atoms with E-state index in [-0.39, 0.29) is 18.5 Å². The maximum Gasteiger partial charge on any atom is 0.410 e. The minimum atomic E-state index is -0.151. The highest BCUT2D eigenvalue weighted by Crippen LogP contribution is 2.39. The summed E-state index contributed by atoms with van der Waals surface area (Å²) < 4.78 is 5.58. The van der Waals surface area contributed by atoms with Crippen molar-refractivity contribution >= 4 is 24.2 Å². The molecule has 1 aromatic carbocycles. The number of carbonyl (C=O) groups is 1. The summed E-state index contributed by atoms with van der Waals surface area (Å²) in [5.74, 6) is 0.596. The van der Waals surface area contributed by atoms with Crippen LogP contribution in [0.1, 0.15) is 31.2 Å². The van der Waals surface area contributed by atoms with Crippen molar-refractivity contribution in [3.63, 3.8) is 0 Å². The lowest BCUT2D eigenvalue weighted by Gasteiger charge is -2.38. The number of fused-ring (bicyclic) bond motifs is 2. The van der Waals surface area contributed by atoms with E-state index in [1.165, 1.54) is 0 Å². The van der Waals surface area contributed by atoms with Crippen LogP contribution >= 0.6 is 12.4 Å². The molecule has 2 aliphatic rings. The summed E-state index contributed by atoms with van der Waals surface area (Å²) in [5, 5.41) is 3.50. The van der Waals surface area contributed by atoms with E-state index in [0.717, 1.165) is 43.5 Å². The van der Waals surface area contributed by atoms with E-state index in [1.807, 2.05) is 47.4 Å². The van der Waals surface area contributed by atoms with Crippen molar-refractivity contribution in [3.05, 3.63) is 60.4 Å². The van der Waals surface area contributed by atoms with Crippen molar-refractivity contribution in [3.8, 4) is 0 Å². The van der Waals surface area contributed by atoms with Gasteiger partial charge in [0.05, 0.1) is 0 Å². The van der Waals surface area contributed by atoms with E-state index in [9.17, 15) is 4.79 Å². The second kappa shape index (κ2) is 9.09. The topological polar surface area (TPSA) is 54.5 Å². The number of rotatable bonds is 5. The third-order valence-electron chi connectivity index (χ3n) is 5.52. The summed E-state index contributed by atoms with van der Waals surface area (Å²) in [6.07, 6.45) is 7.74. The van der Waals surface area contributed by atoms with Crippen molar-refractivity contribution in [2.24, 2.45) is 5.92 Å². The molecule has 6 heteroatoms. The Labute approximate surface area is 166 Å². The molecule has 27 heavy (non-hydrogen) atoms. The number of ether oxygens (including phenoxy) is 1. The Morgan fingerprint density at radius 1 is 1.07 bits per heavy atom. The van der Waals surface area contributed by atoms with Crippen LogP contribution in [0.2, 0.25) is 0 Å². The molecule has 0 unspecified atom stereocenters. The first kappa shape index (κ1) is 19.5. The maximum absolute atomic E-state index is 12.6. The monoisotopic (exact) mass is 387 g/mol. The fourth-order valence-corrected chi connectivity index (χ4v) is 4.28. The molecular formula is C21H26ClN3O2. The molecule has 144 valence electrons. The van der Waals surface area contributed by atoms with Gasteiger partial charge in [-0.1, -0.05) is 30.3 Å². The summed E-state index contributed by atoms with van der Waals surface area (Å²) in [4.78, 5) is 18.7. The van der Waals surface area contributed by atoms with Gasteiger partial charge in [-0.15, -0.1) is 12.4 Å². The molecule has 3 atom stereocenters. The van der Waals surface area contributed by atoms with Crippen molar-refractivity contribution in [2.75, 3.05) is 11.9 Å². The molecule has 2 saturated heterocycles. The number of halogens is 1. The van der Waals surface area contributed by atoms with Crippen LogP contribution in [0.3, 0.4) is 0 Å². The van der Waals surface area contributed by atoms with Gasteiger partial charge < -0.3 is 15.0 Å². The van der Waals surface area contributed by atoms with E-state index < -0.39 is 0 Å². The molecule has 1 amide bonds. The van der Waals surface area contributed by atoms with Gasteiger partial charge in [0.1, 0.15) is 6.61 Å². The lowest BCUT2D eigenvalue weighted by Crippen LogP contribution is -2.47. The van der Waals surface area contributed by atoms with E-state index in [2.05, 4.69) is 10.3 Å². The number of aromatic nitrogens is 1. The Bertz CT molecular complexity index is 715. The lowest BCUT2D eigenvalue weighted by molar-refractivity contribution is 0.0546. The average molecular weight is 388 g/mol. The van der Waals surface area contributed by atoms with Crippen LogP contribution in [0, 0.1) is 5.92 Å². The van der Waals surface area contributed by atoms with E-state index in [1.54, 1.807) is 12.4 Å². The van der Waals surface area contributed by atoms with Crippen LogP contribution in [0.25, 0.3) is 0 Å². The predicted molar refractivity (Wildman–Crippen MR) is 108 cm³/mol. The smallest absolute Gasteiger partial charge is 0.410 e. The molecule has 2 aliphatic heterocycles. The van der Waals surface area contributed by atoms with Crippen molar-refractivity contribution in [2.45, 2.75) is 44.4 Å². The lowest BCUT2D eigenvalue weighted by atomic mass is 9.91. The predicted octanol–water partition coefficient (Wildman–Crippen LogP) is 4.50. The molecule has 1 aromatic heterocycles. The molecule has 4 rings (SSSR count). The molecule has 2 bridgehead atoms. The third-order valence-corrected chi connectivity index (χ3v) is 5.52. The van der Waals surface area contributed by atoms with Gasteiger partial charge in [0.2, 0.25) is 0 Å². The summed E-state index contributed by atoms with van der Waals surface area (Å²) >= 11 is 0. The van der Waals surface area contributed by atoms with Crippen LogP contribution in [0.15, 0.2) is 54.9 Å². The van der Waals surface area contributed by atoms with Gasteiger partial charge in [0, 0.05) is 36.7 Å². The molecule has 2 fully saturated rings. The van der Waals surface area contributed by atoms with Crippen LogP contribution in [0.5, 0.6) is 0 Å². The van der Waals surface area contributed by atoms with E-state index in [0.29, 0.717) is 24.6 Å². The van der Waals surface area contributed by atoms with E-state index in [4.69, 9.17) is 4.74 Å². The zero-order valence-corrected chi connectivity index (χ0v) is 16.1. The van der Waals surface area contributed by atoms with Gasteiger partial charge in [-0.25, -0.2) is 4.79 Å². The largest absolute Gasteiger partial charge is 0.445 e. The SMILES string of the molecule is Cl.O=C(OCc1ccccc1)N1[C@@H]2CC[C@H]1C[C@H](CNc1ccncc1)C2. The zero-order valence-electron chi connectivity index (χ0n) is 15.3. The van der Waals surface area contributed by atoms with Gasteiger partial charge in [-0.2, -0.15) is 0 Å². The molecule has 5 nitrogen and oxygen atoms in total. The van der Waals surface area contributed by atoms with Gasteiger partial charge in [-0.3, -0.25) is 4.98 Å². The Morgan fingerprint density at radius 2 is 1.74 bits per heavy atom. The highest BCUT2D eigenvalue weighted by molar-refractivity contribution is 5.85. The Balaban J connectivity index is 0.00000210. The van der Waals surface area contributed by atoms with Crippen LogP contribution in [0.4, 0.5) is 10.5 Å². The average Bonchev–Trinajstić information content (AvgIpc) is 2.96. The number of carbonyl (C=O) groups excluding carboxylic acids is 1. The Hall–Kier alpha value is -2.27. The molecular weight excluding hydrogens is 362 g/mol. The highest BCUT2D eigenvalue weighted by Gasteiger charge is 2.43. The fourth-order valence-electron chi connectivity index (χ4n) is 4.28. The standard InChI is InChI=1S/C21H25N3O2.ClH/c25-21(26-15-16-4-2-1-3-5-16)24-19-6-7-20(24)13-17(12-19)14-23-18-8-10-22-11-9-18;/h1-5,8-11,17,19-20H,6-7,12-15H2,(H,22,23);1H/t17-,19-,20+;. The quantitative estimate of drug-likeness (QED) is 0.820. The normalized spacial score (nSPS) is 23.4. The van der Waals surface area contributed by atoms with Crippen LogP contribution in [-0.2, 0) is 11.3 Å². The number of piperidine rings is 1. The second-order valence-electron chi connectivity index (χ2n) is 7.29. The summed E-state index contributed by atoms with van der Waals surface area (Å²) in [6, 6.07) is 14.5. The number of benzene rings is 1. The molecule has 0 saturated carbocycles. The molecule has 0 radical (unpaired) electrons. The fraction of sp³-hybridized carbons (Fsp3) is 0.429. The van der Waals surface area contributed by atoms with Gasteiger partial charge in [0.25, 0.3) is 0 Å². The maximum atomic E-state index is 12.6. The number of anilines is 1. The second-order valence-corrected chi connectivity index (χ2v) is 7.29. The van der Waals surface area contributed by atoms with Crippen molar-refractivity contribution in [1.82, 2.24) is 9.88 Å². The van der Waals surface area contributed by atoms with Gasteiger partial charge in [-0.05, 0) is 49.3 Å². The van der Waals surface area contributed by atoms with Crippen molar-refractivity contribution < 1.29 is 9.53 Å². The first-order chi connectivity index (χ1) is 12.8. The number of pyridine rings is 1.